The highest BCUT2D eigenvalue weighted by Gasteiger charge is 2.33. The molecule has 30 heavy (non-hydrogen) atoms. The van der Waals surface area contributed by atoms with Crippen LogP contribution in [0.1, 0.15) is 16.8 Å². The van der Waals surface area contributed by atoms with Gasteiger partial charge in [-0.05, 0) is 35.7 Å². The number of anilines is 1. The summed E-state index contributed by atoms with van der Waals surface area (Å²) in [7, 11) is -1.44. The van der Waals surface area contributed by atoms with Crippen molar-refractivity contribution in [2.75, 3.05) is 17.7 Å². The van der Waals surface area contributed by atoms with Crippen LogP contribution in [0, 0.1) is 0 Å². The van der Waals surface area contributed by atoms with E-state index in [1.165, 1.54) is 6.26 Å². The lowest BCUT2D eigenvalue weighted by Gasteiger charge is -2.31. The molecule has 0 fully saturated rings. The molecule has 1 atom stereocenters. The standard InChI is InChI=1S/C22H25BrN4O2S/c1-25-13-20(24-16-25)14-26-15-21(10-17-6-4-3-5-7-17)27(30(2,28)29)12-18-11-19(23)8-9-22(18)26/h3-9,11,13,16,21H,10,12,14-15H2,1-2H3/t21-/m1/s1. The van der Waals surface area contributed by atoms with Crippen molar-refractivity contribution in [3.05, 3.63) is 82.3 Å². The van der Waals surface area contributed by atoms with Gasteiger partial charge in [-0.15, -0.1) is 0 Å². The van der Waals surface area contributed by atoms with Gasteiger partial charge >= 0.3 is 0 Å². The molecule has 0 unspecified atom stereocenters. The van der Waals surface area contributed by atoms with Gasteiger partial charge in [-0.25, -0.2) is 13.4 Å². The van der Waals surface area contributed by atoms with Gasteiger partial charge in [0.15, 0.2) is 0 Å². The van der Waals surface area contributed by atoms with Gasteiger partial charge in [0.2, 0.25) is 10.0 Å². The van der Waals surface area contributed by atoms with Crippen molar-refractivity contribution in [1.29, 1.82) is 0 Å². The summed E-state index contributed by atoms with van der Waals surface area (Å²) in [5, 5.41) is 0. The van der Waals surface area contributed by atoms with E-state index in [1.807, 2.05) is 48.1 Å². The molecule has 2 heterocycles. The minimum atomic E-state index is -3.39. The van der Waals surface area contributed by atoms with Crippen LogP contribution in [-0.2, 0) is 36.6 Å². The van der Waals surface area contributed by atoms with Crippen LogP contribution in [0.3, 0.4) is 0 Å². The molecule has 4 rings (SSSR count). The van der Waals surface area contributed by atoms with Crippen LogP contribution in [-0.4, -0.2) is 41.1 Å². The van der Waals surface area contributed by atoms with Gasteiger partial charge in [0.1, 0.15) is 0 Å². The van der Waals surface area contributed by atoms with Gasteiger partial charge in [-0.2, -0.15) is 4.31 Å². The molecular weight excluding hydrogens is 464 g/mol. The molecule has 0 saturated carbocycles. The molecule has 2 aromatic carbocycles. The monoisotopic (exact) mass is 488 g/mol. The second kappa shape index (κ2) is 8.53. The van der Waals surface area contributed by atoms with Crippen LogP contribution in [0.5, 0.6) is 0 Å². The fourth-order valence-electron chi connectivity index (χ4n) is 4.06. The summed E-state index contributed by atoms with van der Waals surface area (Å²) in [4.78, 5) is 6.74. The Bertz CT molecular complexity index is 1130. The molecule has 6 nitrogen and oxygen atoms in total. The Balaban J connectivity index is 1.75. The minimum Gasteiger partial charge on any atom is -0.364 e. The highest BCUT2D eigenvalue weighted by atomic mass is 79.9. The van der Waals surface area contributed by atoms with Crippen LogP contribution >= 0.6 is 15.9 Å². The molecule has 1 aromatic heterocycles. The van der Waals surface area contributed by atoms with Crippen LogP contribution in [0.2, 0.25) is 0 Å². The Morgan fingerprint density at radius 1 is 1.17 bits per heavy atom. The van der Waals surface area contributed by atoms with E-state index in [-0.39, 0.29) is 6.04 Å². The first kappa shape index (κ1) is 21.1. The molecule has 0 amide bonds. The molecule has 1 aliphatic heterocycles. The molecule has 3 aromatic rings. The Labute approximate surface area is 186 Å². The van der Waals surface area contributed by atoms with Gasteiger partial charge < -0.3 is 9.47 Å². The molecule has 0 aliphatic carbocycles. The fraction of sp³-hybridized carbons (Fsp3) is 0.318. The van der Waals surface area contributed by atoms with Crippen molar-refractivity contribution in [3.63, 3.8) is 0 Å². The second-order valence-electron chi connectivity index (χ2n) is 7.84. The number of sulfonamides is 1. The summed E-state index contributed by atoms with van der Waals surface area (Å²) in [6, 6.07) is 16.0. The lowest BCUT2D eigenvalue weighted by atomic mass is 10.1. The van der Waals surface area contributed by atoms with Crippen LogP contribution < -0.4 is 4.90 Å². The van der Waals surface area contributed by atoms with Crippen LogP contribution in [0.25, 0.3) is 0 Å². The van der Waals surface area contributed by atoms with Gasteiger partial charge in [0, 0.05) is 42.5 Å². The second-order valence-corrected chi connectivity index (χ2v) is 10.7. The molecule has 0 N–H and O–H groups in total. The van der Waals surface area contributed by atoms with Crippen molar-refractivity contribution < 1.29 is 8.42 Å². The first-order valence-corrected chi connectivity index (χ1v) is 12.4. The molecule has 8 heteroatoms. The quantitative estimate of drug-likeness (QED) is 0.550. The number of imidazole rings is 1. The zero-order valence-corrected chi connectivity index (χ0v) is 19.5. The maximum absolute atomic E-state index is 12.8. The first-order valence-electron chi connectivity index (χ1n) is 9.80. The van der Waals surface area contributed by atoms with E-state index in [0.29, 0.717) is 26.1 Å². The van der Waals surface area contributed by atoms with Crippen molar-refractivity contribution in [1.82, 2.24) is 13.9 Å². The number of nitrogens with zero attached hydrogens (tertiary/aromatic N) is 4. The Morgan fingerprint density at radius 2 is 1.93 bits per heavy atom. The highest BCUT2D eigenvalue weighted by molar-refractivity contribution is 9.10. The summed E-state index contributed by atoms with van der Waals surface area (Å²) in [6.07, 6.45) is 5.75. The van der Waals surface area contributed by atoms with E-state index in [9.17, 15) is 8.42 Å². The molecule has 0 spiro atoms. The number of benzene rings is 2. The predicted molar refractivity (Wildman–Crippen MR) is 123 cm³/mol. The normalized spacial score (nSPS) is 17.6. The summed E-state index contributed by atoms with van der Waals surface area (Å²) in [5.41, 5.74) is 4.12. The maximum Gasteiger partial charge on any atom is 0.211 e. The van der Waals surface area contributed by atoms with Gasteiger partial charge in [0.05, 0.1) is 24.8 Å². The van der Waals surface area contributed by atoms with Crippen molar-refractivity contribution in [3.8, 4) is 0 Å². The third-order valence-corrected chi connectivity index (χ3v) is 7.17. The summed E-state index contributed by atoms with van der Waals surface area (Å²) < 4.78 is 30.1. The van der Waals surface area contributed by atoms with Gasteiger partial charge in [-0.3, -0.25) is 0 Å². The number of aryl methyl sites for hydroxylation is 1. The number of fused-ring (bicyclic) bond motifs is 1. The van der Waals surface area contributed by atoms with Gasteiger partial charge in [-0.1, -0.05) is 46.3 Å². The third-order valence-electron chi connectivity index (χ3n) is 5.40. The van der Waals surface area contributed by atoms with E-state index in [4.69, 9.17) is 0 Å². The number of hydrogen-bond acceptors (Lipinski definition) is 4. The Kier molecular flexibility index (Phi) is 5.99. The van der Waals surface area contributed by atoms with Crippen LogP contribution in [0.15, 0.2) is 65.5 Å². The Morgan fingerprint density at radius 3 is 2.60 bits per heavy atom. The topological polar surface area (TPSA) is 58.4 Å². The third kappa shape index (κ3) is 4.77. The van der Waals surface area contributed by atoms with Crippen molar-refractivity contribution in [2.45, 2.75) is 25.6 Å². The zero-order chi connectivity index (χ0) is 21.3. The lowest BCUT2D eigenvalue weighted by molar-refractivity contribution is 0.320. The summed E-state index contributed by atoms with van der Waals surface area (Å²) in [5.74, 6) is 0. The molecular formula is C22H25BrN4O2S. The SMILES string of the molecule is Cn1cnc(CN2C[C@@H](Cc3ccccc3)N(S(C)(=O)=O)Cc3cc(Br)ccc32)c1. The number of halogens is 1. The Hall–Kier alpha value is -2.16. The average molecular weight is 489 g/mol. The predicted octanol–water partition coefficient (Wildman–Crippen LogP) is 3.58. The maximum atomic E-state index is 12.8. The number of hydrogen-bond donors (Lipinski definition) is 0. The van der Waals surface area contributed by atoms with E-state index in [0.717, 1.165) is 27.0 Å². The van der Waals surface area contributed by atoms with E-state index in [1.54, 1.807) is 10.6 Å². The molecule has 0 bridgehead atoms. The molecule has 0 radical (unpaired) electrons. The minimum absolute atomic E-state index is 0.183. The highest BCUT2D eigenvalue weighted by Crippen LogP contribution is 2.32. The smallest absolute Gasteiger partial charge is 0.211 e. The number of rotatable bonds is 5. The van der Waals surface area contributed by atoms with Gasteiger partial charge in [0.25, 0.3) is 0 Å². The molecule has 158 valence electrons. The largest absolute Gasteiger partial charge is 0.364 e. The number of aromatic nitrogens is 2. The van der Waals surface area contributed by atoms with E-state index >= 15 is 0 Å². The lowest BCUT2D eigenvalue weighted by Crippen LogP contribution is -2.45. The van der Waals surface area contributed by atoms with E-state index < -0.39 is 10.0 Å². The average Bonchev–Trinajstić information content (AvgIpc) is 3.03. The molecule has 1 aliphatic rings. The first-order chi connectivity index (χ1) is 14.3. The zero-order valence-electron chi connectivity index (χ0n) is 17.1. The van der Waals surface area contributed by atoms with Crippen molar-refractivity contribution >= 4 is 31.6 Å². The molecule has 0 saturated heterocycles. The van der Waals surface area contributed by atoms with Crippen LogP contribution in [0.4, 0.5) is 5.69 Å². The fourth-order valence-corrected chi connectivity index (χ4v) is 5.53. The van der Waals surface area contributed by atoms with E-state index in [2.05, 4.69) is 44.0 Å². The summed E-state index contributed by atoms with van der Waals surface area (Å²) in [6.45, 7) is 1.56. The van der Waals surface area contributed by atoms with Crippen molar-refractivity contribution in [2.24, 2.45) is 7.05 Å². The summed E-state index contributed by atoms with van der Waals surface area (Å²) >= 11 is 3.54.